The van der Waals surface area contributed by atoms with Gasteiger partial charge in [-0.3, -0.25) is 0 Å². The minimum absolute atomic E-state index is 0.296. The lowest BCUT2D eigenvalue weighted by molar-refractivity contribution is 0.170. The topological polar surface area (TPSA) is 21.3 Å². The molecule has 0 saturated carbocycles. The van der Waals surface area contributed by atoms with Crippen molar-refractivity contribution in [1.29, 1.82) is 0 Å². The number of aryl methyl sites for hydroxylation is 1. The van der Waals surface area contributed by atoms with Gasteiger partial charge in [0.1, 0.15) is 11.9 Å². The van der Waals surface area contributed by atoms with Gasteiger partial charge in [0, 0.05) is 0 Å². The molecule has 15 heavy (non-hydrogen) atoms. The third-order valence-electron chi connectivity index (χ3n) is 3.07. The van der Waals surface area contributed by atoms with E-state index < -0.39 is 0 Å². The molecule has 1 aliphatic heterocycles. The van der Waals surface area contributed by atoms with Gasteiger partial charge in [0.25, 0.3) is 0 Å². The summed E-state index contributed by atoms with van der Waals surface area (Å²) in [7, 11) is 0. The van der Waals surface area contributed by atoms with Crippen molar-refractivity contribution in [1.82, 2.24) is 0 Å². The minimum Gasteiger partial charge on any atom is -0.486 e. The Hall–Kier alpha value is -1.18. The Morgan fingerprint density at radius 1 is 1.33 bits per heavy atom. The van der Waals surface area contributed by atoms with Crippen LogP contribution in [-0.4, -0.2) is 12.1 Å². The highest BCUT2D eigenvalue weighted by atomic mass is 16.5. The summed E-state index contributed by atoms with van der Waals surface area (Å²) in [4.78, 5) is 0. The Morgan fingerprint density at radius 2 is 2.13 bits per heavy atom. The van der Waals surface area contributed by atoms with Crippen molar-refractivity contribution in [2.75, 3.05) is 5.32 Å². The minimum atomic E-state index is 0.296. The molecule has 0 fully saturated rings. The molecule has 1 aromatic rings. The third-order valence-corrected chi connectivity index (χ3v) is 3.07. The lowest BCUT2D eigenvalue weighted by Crippen LogP contribution is -2.38. The van der Waals surface area contributed by atoms with Crippen LogP contribution in [-0.2, 0) is 6.42 Å². The van der Waals surface area contributed by atoms with Gasteiger partial charge in [-0.05, 0) is 37.5 Å². The van der Waals surface area contributed by atoms with Gasteiger partial charge in [0.05, 0.1) is 11.7 Å². The first-order valence-corrected chi connectivity index (χ1v) is 5.80. The van der Waals surface area contributed by atoms with E-state index >= 15 is 0 Å². The second-order valence-electron chi connectivity index (χ2n) is 4.18. The maximum Gasteiger partial charge on any atom is 0.142 e. The molecule has 1 N–H and O–H groups in total. The van der Waals surface area contributed by atoms with E-state index in [2.05, 4.69) is 44.3 Å². The molecule has 1 aromatic carbocycles. The molecule has 2 nitrogen and oxygen atoms in total. The molecule has 1 aliphatic rings. The van der Waals surface area contributed by atoms with Crippen LogP contribution in [0.25, 0.3) is 0 Å². The molecule has 0 spiro atoms. The summed E-state index contributed by atoms with van der Waals surface area (Å²) in [5.74, 6) is 0.997. The highest BCUT2D eigenvalue weighted by Crippen LogP contribution is 2.32. The molecular formula is C13H19NO. The number of hydrogen-bond donors (Lipinski definition) is 1. The molecule has 0 bridgehead atoms. The van der Waals surface area contributed by atoms with E-state index in [4.69, 9.17) is 4.74 Å². The largest absolute Gasteiger partial charge is 0.486 e. The van der Waals surface area contributed by atoms with Crippen molar-refractivity contribution in [3.8, 4) is 5.75 Å². The van der Waals surface area contributed by atoms with Crippen molar-refractivity contribution in [3.63, 3.8) is 0 Å². The number of hydrogen-bond acceptors (Lipinski definition) is 2. The van der Waals surface area contributed by atoms with E-state index in [0.29, 0.717) is 12.1 Å². The smallest absolute Gasteiger partial charge is 0.142 e. The fourth-order valence-electron chi connectivity index (χ4n) is 2.05. The van der Waals surface area contributed by atoms with E-state index in [9.17, 15) is 0 Å². The zero-order valence-electron chi connectivity index (χ0n) is 9.71. The second kappa shape index (κ2) is 4.13. The molecule has 0 saturated heterocycles. The maximum absolute atomic E-state index is 5.93. The van der Waals surface area contributed by atoms with Crippen molar-refractivity contribution in [2.45, 2.75) is 45.8 Å². The molecule has 2 heteroatoms. The first-order chi connectivity index (χ1) is 7.24. The molecule has 1 heterocycles. The highest BCUT2D eigenvalue weighted by Gasteiger charge is 2.24. The average Bonchev–Trinajstić information content (AvgIpc) is 2.27. The Labute approximate surface area is 91.6 Å². The van der Waals surface area contributed by atoms with E-state index in [1.807, 2.05) is 0 Å². The summed E-state index contributed by atoms with van der Waals surface area (Å²) >= 11 is 0. The number of rotatable bonds is 2. The molecule has 82 valence electrons. The van der Waals surface area contributed by atoms with Crippen LogP contribution in [0.15, 0.2) is 18.2 Å². The number of anilines is 1. The predicted molar refractivity (Wildman–Crippen MR) is 63.6 cm³/mol. The average molecular weight is 205 g/mol. The molecule has 2 unspecified atom stereocenters. The lowest BCUT2D eigenvalue weighted by atomic mass is 10.1. The lowest BCUT2D eigenvalue weighted by Gasteiger charge is -2.32. The fraction of sp³-hybridized carbons (Fsp3) is 0.538. The first kappa shape index (κ1) is 10.3. The molecule has 2 rings (SSSR count). The summed E-state index contributed by atoms with van der Waals surface area (Å²) in [5, 5.41) is 3.51. The number of nitrogens with one attached hydrogen (secondary N) is 1. The van der Waals surface area contributed by atoms with Gasteiger partial charge in [0.15, 0.2) is 0 Å². The highest BCUT2D eigenvalue weighted by molar-refractivity contribution is 5.60. The Morgan fingerprint density at radius 3 is 2.80 bits per heavy atom. The standard InChI is InChI=1S/C13H19NO/c1-4-10-6-7-13-11(8-10)14-9(3)12(5-2)15-13/h6-9,12,14H,4-5H2,1-3H3. The van der Waals surface area contributed by atoms with Crippen LogP contribution in [0.1, 0.15) is 32.8 Å². The van der Waals surface area contributed by atoms with E-state index in [-0.39, 0.29) is 0 Å². The normalized spacial score (nSPS) is 23.9. The van der Waals surface area contributed by atoms with E-state index in [1.54, 1.807) is 0 Å². The van der Waals surface area contributed by atoms with Crippen LogP contribution in [0.5, 0.6) is 5.75 Å². The fourth-order valence-corrected chi connectivity index (χ4v) is 2.05. The Kier molecular flexibility index (Phi) is 2.85. The van der Waals surface area contributed by atoms with Crippen LogP contribution in [0.4, 0.5) is 5.69 Å². The van der Waals surface area contributed by atoms with Crippen LogP contribution < -0.4 is 10.1 Å². The summed E-state index contributed by atoms with van der Waals surface area (Å²) in [5.41, 5.74) is 2.50. The third kappa shape index (κ3) is 1.94. The molecule has 0 aromatic heterocycles. The summed E-state index contributed by atoms with van der Waals surface area (Å²) in [6, 6.07) is 6.81. The monoisotopic (exact) mass is 205 g/mol. The number of benzene rings is 1. The van der Waals surface area contributed by atoms with Gasteiger partial charge < -0.3 is 10.1 Å². The Balaban J connectivity index is 2.28. The van der Waals surface area contributed by atoms with Crippen LogP contribution in [0, 0.1) is 0 Å². The molecule has 0 aliphatic carbocycles. The van der Waals surface area contributed by atoms with Crippen LogP contribution >= 0.6 is 0 Å². The van der Waals surface area contributed by atoms with Crippen molar-refractivity contribution in [2.24, 2.45) is 0 Å². The van der Waals surface area contributed by atoms with Gasteiger partial charge in [-0.25, -0.2) is 0 Å². The number of fused-ring (bicyclic) bond motifs is 1. The maximum atomic E-state index is 5.93. The molecule has 0 amide bonds. The van der Waals surface area contributed by atoms with Gasteiger partial charge in [-0.15, -0.1) is 0 Å². The zero-order valence-corrected chi connectivity index (χ0v) is 9.71. The van der Waals surface area contributed by atoms with Crippen molar-refractivity contribution >= 4 is 5.69 Å². The summed E-state index contributed by atoms with van der Waals surface area (Å²) < 4.78 is 5.93. The molecular weight excluding hydrogens is 186 g/mol. The van der Waals surface area contributed by atoms with E-state index in [1.165, 1.54) is 5.56 Å². The van der Waals surface area contributed by atoms with Crippen LogP contribution in [0.3, 0.4) is 0 Å². The quantitative estimate of drug-likeness (QED) is 0.800. The SMILES string of the molecule is CCc1ccc2c(c1)NC(C)C(CC)O2. The van der Waals surface area contributed by atoms with Gasteiger partial charge in [0.2, 0.25) is 0 Å². The van der Waals surface area contributed by atoms with E-state index in [0.717, 1.165) is 24.3 Å². The molecule has 0 radical (unpaired) electrons. The first-order valence-electron chi connectivity index (χ1n) is 5.80. The second-order valence-corrected chi connectivity index (χ2v) is 4.18. The molecule has 2 atom stereocenters. The predicted octanol–water partition coefficient (Wildman–Crippen LogP) is 3.22. The number of ether oxygens (including phenoxy) is 1. The van der Waals surface area contributed by atoms with Gasteiger partial charge >= 0.3 is 0 Å². The van der Waals surface area contributed by atoms with Gasteiger partial charge in [-0.1, -0.05) is 19.9 Å². The van der Waals surface area contributed by atoms with Crippen molar-refractivity contribution < 1.29 is 4.74 Å². The summed E-state index contributed by atoms with van der Waals surface area (Å²) in [6.07, 6.45) is 2.41. The summed E-state index contributed by atoms with van der Waals surface area (Å²) in [6.45, 7) is 6.51. The van der Waals surface area contributed by atoms with Gasteiger partial charge in [-0.2, -0.15) is 0 Å². The van der Waals surface area contributed by atoms with Crippen molar-refractivity contribution in [3.05, 3.63) is 23.8 Å². The Bertz CT molecular complexity index is 348. The zero-order chi connectivity index (χ0) is 10.8. The van der Waals surface area contributed by atoms with Crippen LogP contribution in [0.2, 0.25) is 0 Å².